The number of ether oxygens (including phenoxy) is 1. The molecule has 1 N–H and O–H groups in total. The number of hydrogen-bond donors (Lipinski definition) is 1. The second-order valence-corrected chi connectivity index (χ2v) is 6.02. The molecule has 0 saturated carbocycles. The Labute approximate surface area is 125 Å². The highest BCUT2D eigenvalue weighted by molar-refractivity contribution is 5.88. The van der Waals surface area contributed by atoms with Crippen molar-refractivity contribution in [3.05, 3.63) is 23.4 Å². The number of hydrogen-bond acceptors (Lipinski definition) is 4. The number of carbonyl (C=O) groups is 1. The van der Waals surface area contributed by atoms with E-state index in [0.29, 0.717) is 18.5 Å². The van der Waals surface area contributed by atoms with E-state index in [0.717, 1.165) is 18.7 Å². The number of likely N-dealkylation sites (N-methyl/N-ethyl adjacent to an activating group) is 1. The van der Waals surface area contributed by atoms with Gasteiger partial charge in [-0.25, -0.2) is 9.78 Å². The third-order valence-corrected chi connectivity index (χ3v) is 4.01. The third kappa shape index (κ3) is 4.17. The molecule has 0 radical (unpaired) electrons. The predicted molar refractivity (Wildman–Crippen MR) is 81.0 cm³/mol. The molecule has 0 amide bonds. The van der Waals surface area contributed by atoms with Gasteiger partial charge in [-0.2, -0.15) is 0 Å². The predicted octanol–water partition coefficient (Wildman–Crippen LogP) is 2.77. The van der Waals surface area contributed by atoms with Gasteiger partial charge >= 0.3 is 5.97 Å². The normalized spacial score (nSPS) is 19.7. The summed E-state index contributed by atoms with van der Waals surface area (Å²) in [6.07, 6.45) is 3.57. The molecule has 21 heavy (non-hydrogen) atoms. The van der Waals surface area contributed by atoms with Crippen LogP contribution in [0.2, 0.25) is 0 Å². The number of pyridine rings is 1. The van der Waals surface area contributed by atoms with Crippen LogP contribution in [0.3, 0.4) is 0 Å². The van der Waals surface area contributed by atoms with Crippen LogP contribution in [0.5, 0.6) is 5.88 Å². The van der Waals surface area contributed by atoms with Crippen molar-refractivity contribution in [1.29, 1.82) is 0 Å². The lowest BCUT2D eigenvalue weighted by Gasteiger charge is -2.32. The van der Waals surface area contributed by atoms with E-state index >= 15 is 0 Å². The molecule has 1 unspecified atom stereocenters. The summed E-state index contributed by atoms with van der Waals surface area (Å²) in [5, 5.41) is 9.18. The van der Waals surface area contributed by atoms with Crippen molar-refractivity contribution < 1.29 is 14.6 Å². The van der Waals surface area contributed by atoms with E-state index in [-0.39, 0.29) is 11.5 Å². The van der Waals surface area contributed by atoms with Crippen LogP contribution >= 0.6 is 0 Å². The lowest BCUT2D eigenvalue weighted by Crippen LogP contribution is -2.40. The molecule has 1 atom stereocenters. The maximum absolute atomic E-state index is 11.2. The van der Waals surface area contributed by atoms with Crippen LogP contribution in [0.4, 0.5) is 0 Å². The summed E-state index contributed by atoms with van der Waals surface area (Å²) in [6.45, 7) is 5.64. The quantitative estimate of drug-likeness (QED) is 0.904. The first-order valence-electron chi connectivity index (χ1n) is 7.55. The summed E-state index contributed by atoms with van der Waals surface area (Å²) in [5.41, 5.74) is 0.989. The highest BCUT2D eigenvalue weighted by atomic mass is 16.5. The first kappa shape index (κ1) is 15.8. The van der Waals surface area contributed by atoms with Crippen LogP contribution in [0, 0.1) is 0 Å². The van der Waals surface area contributed by atoms with E-state index in [2.05, 4.69) is 16.9 Å². The molecule has 2 rings (SSSR count). The fraction of sp³-hybridized carbons (Fsp3) is 0.625. The standard InChI is InChI=1S/C16H24N2O3/c1-11(2)14-8-12(16(19)20)9-15(17-14)21-10-13-6-4-5-7-18(13)3/h8-9,11,13H,4-7,10H2,1-3H3,(H,19,20). The minimum Gasteiger partial charge on any atom is -0.478 e. The van der Waals surface area contributed by atoms with Crippen LogP contribution in [-0.2, 0) is 0 Å². The Hall–Kier alpha value is -1.62. The zero-order valence-corrected chi connectivity index (χ0v) is 13.0. The maximum Gasteiger partial charge on any atom is 0.335 e. The van der Waals surface area contributed by atoms with Gasteiger partial charge in [0.1, 0.15) is 6.61 Å². The highest BCUT2D eigenvalue weighted by Crippen LogP contribution is 2.21. The topological polar surface area (TPSA) is 62.7 Å². The number of piperidine rings is 1. The second-order valence-electron chi connectivity index (χ2n) is 6.02. The largest absolute Gasteiger partial charge is 0.478 e. The fourth-order valence-electron chi connectivity index (χ4n) is 2.56. The van der Waals surface area contributed by atoms with Crippen molar-refractivity contribution in [3.63, 3.8) is 0 Å². The molecule has 1 aliphatic rings. The summed E-state index contributed by atoms with van der Waals surface area (Å²) in [6, 6.07) is 3.51. The number of likely N-dealkylation sites (tertiary alicyclic amines) is 1. The average Bonchev–Trinajstić information content (AvgIpc) is 2.46. The molecule has 5 nitrogen and oxygen atoms in total. The summed E-state index contributed by atoms with van der Waals surface area (Å²) < 4.78 is 5.78. The molecular formula is C16H24N2O3. The van der Waals surface area contributed by atoms with Gasteiger partial charge in [-0.3, -0.25) is 0 Å². The molecule has 0 spiro atoms. The van der Waals surface area contributed by atoms with E-state index in [1.807, 2.05) is 13.8 Å². The van der Waals surface area contributed by atoms with Gasteiger partial charge in [-0.15, -0.1) is 0 Å². The van der Waals surface area contributed by atoms with Crippen molar-refractivity contribution in [2.24, 2.45) is 0 Å². The molecule has 0 aromatic carbocycles. The lowest BCUT2D eigenvalue weighted by atomic mass is 10.0. The smallest absolute Gasteiger partial charge is 0.335 e. The van der Waals surface area contributed by atoms with Gasteiger partial charge in [0.05, 0.1) is 5.56 Å². The van der Waals surface area contributed by atoms with Gasteiger partial charge in [0, 0.05) is 17.8 Å². The van der Waals surface area contributed by atoms with E-state index in [4.69, 9.17) is 4.74 Å². The Morgan fingerprint density at radius 1 is 1.48 bits per heavy atom. The minimum atomic E-state index is -0.945. The van der Waals surface area contributed by atoms with Crippen LogP contribution in [0.15, 0.2) is 12.1 Å². The molecule has 2 heterocycles. The van der Waals surface area contributed by atoms with Crippen molar-refractivity contribution in [2.75, 3.05) is 20.2 Å². The van der Waals surface area contributed by atoms with Crippen LogP contribution < -0.4 is 4.74 Å². The average molecular weight is 292 g/mol. The van der Waals surface area contributed by atoms with Crippen molar-refractivity contribution in [2.45, 2.75) is 45.1 Å². The monoisotopic (exact) mass is 292 g/mol. The third-order valence-electron chi connectivity index (χ3n) is 4.01. The van der Waals surface area contributed by atoms with E-state index < -0.39 is 5.97 Å². The van der Waals surface area contributed by atoms with Gasteiger partial charge in [-0.05, 0) is 38.4 Å². The summed E-state index contributed by atoms with van der Waals surface area (Å²) in [4.78, 5) is 17.9. The second kappa shape index (κ2) is 6.89. The van der Waals surface area contributed by atoms with Gasteiger partial charge in [0.15, 0.2) is 0 Å². The first-order valence-corrected chi connectivity index (χ1v) is 7.55. The zero-order chi connectivity index (χ0) is 15.4. The number of rotatable bonds is 5. The molecule has 1 aromatic rings. The Balaban J connectivity index is 2.09. The molecule has 1 fully saturated rings. The zero-order valence-electron chi connectivity index (χ0n) is 13.0. The molecule has 116 valence electrons. The van der Waals surface area contributed by atoms with Gasteiger partial charge in [-0.1, -0.05) is 20.3 Å². The molecule has 0 aliphatic carbocycles. The Morgan fingerprint density at radius 2 is 2.24 bits per heavy atom. The molecule has 0 bridgehead atoms. The molecule has 1 aromatic heterocycles. The first-order chi connectivity index (χ1) is 9.97. The van der Waals surface area contributed by atoms with Gasteiger partial charge in [0.25, 0.3) is 0 Å². The summed E-state index contributed by atoms with van der Waals surface area (Å²) in [5.74, 6) is -0.361. The molecule has 5 heteroatoms. The summed E-state index contributed by atoms with van der Waals surface area (Å²) in [7, 11) is 2.10. The number of aromatic carboxylic acids is 1. The Morgan fingerprint density at radius 3 is 2.86 bits per heavy atom. The molecule has 1 saturated heterocycles. The fourth-order valence-corrected chi connectivity index (χ4v) is 2.56. The van der Waals surface area contributed by atoms with Gasteiger partial charge in [0.2, 0.25) is 5.88 Å². The van der Waals surface area contributed by atoms with E-state index in [9.17, 15) is 9.90 Å². The number of nitrogens with zero attached hydrogens (tertiary/aromatic N) is 2. The lowest BCUT2D eigenvalue weighted by molar-refractivity contribution is 0.0695. The Bertz CT molecular complexity index is 502. The van der Waals surface area contributed by atoms with Crippen molar-refractivity contribution >= 4 is 5.97 Å². The van der Waals surface area contributed by atoms with Gasteiger partial charge < -0.3 is 14.7 Å². The van der Waals surface area contributed by atoms with E-state index in [1.54, 1.807) is 6.07 Å². The SMILES string of the molecule is CC(C)c1cc(C(=O)O)cc(OCC2CCCCN2C)n1. The van der Waals surface area contributed by atoms with Crippen molar-refractivity contribution in [3.8, 4) is 5.88 Å². The summed E-state index contributed by atoms with van der Waals surface area (Å²) >= 11 is 0. The van der Waals surface area contributed by atoms with Crippen molar-refractivity contribution in [1.82, 2.24) is 9.88 Å². The molecular weight excluding hydrogens is 268 g/mol. The number of carboxylic acid groups (broad SMARTS) is 1. The Kier molecular flexibility index (Phi) is 5.17. The maximum atomic E-state index is 11.2. The van der Waals surface area contributed by atoms with Crippen LogP contribution in [0.25, 0.3) is 0 Å². The van der Waals surface area contributed by atoms with E-state index in [1.165, 1.54) is 18.9 Å². The minimum absolute atomic E-state index is 0.170. The van der Waals surface area contributed by atoms with Crippen LogP contribution in [-0.4, -0.2) is 47.2 Å². The number of aromatic nitrogens is 1. The highest BCUT2D eigenvalue weighted by Gasteiger charge is 2.20. The number of carboxylic acids is 1. The molecule has 1 aliphatic heterocycles. The van der Waals surface area contributed by atoms with Crippen LogP contribution in [0.1, 0.15) is 55.1 Å².